The number of pyridine rings is 1. The third-order valence-corrected chi connectivity index (χ3v) is 5.35. The van der Waals surface area contributed by atoms with Crippen molar-refractivity contribution in [1.29, 1.82) is 0 Å². The number of aromatic nitrogens is 1. The van der Waals surface area contributed by atoms with Crippen molar-refractivity contribution in [3.63, 3.8) is 0 Å². The number of rotatable bonds is 8. The number of quaternary nitrogens is 1. The van der Waals surface area contributed by atoms with Gasteiger partial charge in [0.1, 0.15) is 5.75 Å². The van der Waals surface area contributed by atoms with Crippen LogP contribution >= 0.6 is 12.2 Å². The van der Waals surface area contributed by atoms with Gasteiger partial charge >= 0.3 is 0 Å². The van der Waals surface area contributed by atoms with E-state index in [1.165, 1.54) is 4.90 Å². The molecule has 0 fully saturated rings. The summed E-state index contributed by atoms with van der Waals surface area (Å²) in [4.78, 5) is 19.0. The molecule has 158 valence electrons. The van der Waals surface area contributed by atoms with Crippen LogP contribution in [0.4, 0.5) is 0 Å². The summed E-state index contributed by atoms with van der Waals surface area (Å²) in [6.45, 7) is 2.75. The molecule has 3 rings (SSSR count). The van der Waals surface area contributed by atoms with Crippen LogP contribution in [-0.4, -0.2) is 49.3 Å². The molecular weight excluding hydrogens is 396 g/mol. The highest BCUT2D eigenvalue weighted by atomic mass is 32.1. The number of thiocarbonyl (C=S) groups is 1. The Morgan fingerprint density at radius 1 is 1.17 bits per heavy atom. The van der Waals surface area contributed by atoms with Crippen LogP contribution < -0.4 is 20.5 Å². The first-order valence-corrected chi connectivity index (χ1v) is 10.4. The van der Waals surface area contributed by atoms with Crippen molar-refractivity contribution in [3.8, 4) is 5.75 Å². The first-order valence-electron chi connectivity index (χ1n) is 10.0. The second-order valence-electron chi connectivity index (χ2n) is 7.60. The Balaban J connectivity index is 1.80. The van der Waals surface area contributed by atoms with Gasteiger partial charge in [0.2, 0.25) is 0 Å². The number of fused-ring (bicyclic) bond motifs is 1. The maximum absolute atomic E-state index is 12.7. The number of aromatic amines is 1. The monoisotopic (exact) mass is 425 g/mol. The largest absolute Gasteiger partial charge is 0.497 e. The Hall–Kier alpha value is -2.90. The number of H-pyrrole nitrogens is 1. The number of nitrogens with one attached hydrogen (secondary N) is 3. The first-order chi connectivity index (χ1) is 14.5. The number of hydrogen-bond acceptors (Lipinski definition) is 3. The molecular formula is C23H29N4O2S+. The number of benzene rings is 2. The molecule has 0 saturated carbocycles. The molecule has 1 aromatic heterocycles. The summed E-state index contributed by atoms with van der Waals surface area (Å²) in [5.74, 6) is 0.758. The van der Waals surface area contributed by atoms with Gasteiger partial charge in [0, 0.05) is 23.0 Å². The van der Waals surface area contributed by atoms with Gasteiger partial charge in [-0.3, -0.25) is 4.79 Å². The van der Waals surface area contributed by atoms with E-state index in [0.29, 0.717) is 23.8 Å². The second-order valence-corrected chi connectivity index (χ2v) is 7.99. The molecule has 1 heterocycles. The lowest BCUT2D eigenvalue weighted by atomic mass is 10.1. The molecule has 30 heavy (non-hydrogen) atoms. The molecule has 0 aliphatic carbocycles. The van der Waals surface area contributed by atoms with E-state index >= 15 is 0 Å². The highest BCUT2D eigenvalue weighted by Crippen LogP contribution is 2.19. The predicted octanol–water partition coefficient (Wildman–Crippen LogP) is 1.56. The molecule has 0 amide bonds. The molecule has 0 radical (unpaired) electrons. The number of methoxy groups -OCH3 is 1. The third kappa shape index (κ3) is 5.81. The molecule has 3 N–H and O–H groups in total. The molecule has 0 aliphatic rings. The van der Waals surface area contributed by atoms with E-state index in [1.807, 2.05) is 42.5 Å². The standard InChI is InChI=1S/C23H28N4O2S/c1-26(2)11-12-27(23(30)24-15-17-7-5-4-6-8-17)16-19-13-18-14-20(29-3)9-10-21(18)25-22(19)28/h4-10,13-14H,11-12,15-16H2,1-3H3,(H,24,30)(H,25,28)/p+1. The minimum absolute atomic E-state index is 0.0965. The highest BCUT2D eigenvalue weighted by molar-refractivity contribution is 7.80. The molecule has 6 nitrogen and oxygen atoms in total. The molecule has 0 spiro atoms. The van der Waals surface area contributed by atoms with Crippen molar-refractivity contribution >= 4 is 28.2 Å². The van der Waals surface area contributed by atoms with Gasteiger partial charge in [-0.05, 0) is 42.0 Å². The average Bonchev–Trinajstić information content (AvgIpc) is 2.75. The van der Waals surface area contributed by atoms with Crippen LogP contribution in [0, 0.1) is 0 Å². The van der Waals surface area contributed by atoms with Gasteiger partial charge in [-0.25, -0.2) is 0 Å². The minimum atomic E-state index is -0.0965. The van der Waals surface area contributed by atoms with Gasteiger partial charge in [0.05, 0.1) is 40.8 Å². The normalized spacial score (nSPS) is 10.9. The van der Waals surface area contributed by atoms with Crippen LogP contribution in [0.25, 0.3) is 10.9 Å². The molecule has 0 saturated heterocycles. The Morgan fingerprint density at radius 3 is 2.63 bits per heavy atom. The van der Waals surface area contributed by atoms with Crippen molar-refractivity contribution in [3.05, 3.63) is 76.1 Å². The maximum Gasteiger partial charge on any atom is 0.253 e. The van der Waals surface area contributed by atoms with Gasteiger partial charge in [-0.1, -0.05) is 30.3 Å². The topological polar surface area (TPSA) is 61.8 Å². The van der Waals surface area contributed by atoms with E-state index in [0.717, 1.165) is 35.3 Å². The lowest BCUT2D eigenvalue weighted by molar-refractivity contribution is -0.857. The number of ether oxygens (including phenoxy) is 1. The Kier molecular flexibility index (Phi) is 7.43. The zero-order chi connectivity index (χ0) is 21.5. The molecule has 7 heteroatoms. The van der Waals surface area contributed by atoms with Crippen molar-refractivity contribution in [2.75, 3.05) is 34.3 Å². The summed E-state index contributed by atoms with van der Waals surface area (Å²) in [6, 6.07) is 17.7. The van der Waals surface area contributed by atoms with E-state index in [2.05, 4.69) is 41.4 Å². The third-order valence-electron chi connectivity index (χ3n) is 4.95. The van der Waals surface area contributed by atoms with Gasteiger partial charge in [-0.2, -0.15) is 0 Å². The number of nitrogens with zero attached hydrogens (tertiary/aromatic N) is 1. The van der Waals surface area contributed by atoms with Gasteiger partial charge in [0.15, 0.2) is 5.11 Å². The summed E-state index contributed by atoms with van der Waals surface area (Å²) < 4.78 is 5.31. The maximum atomic E-state index is 12.7. The Bertz CT molecular complexity index is 1050. The minimum Gasteiger partial charge on any atom is -0.497 e. The van der Waals surface area contributed by atoms with E-state index in [4.69, 9.17) is 17.0 Å². The quantitative estimate of drug-likeness (QED) is 0.478. The molecule has 2 aromatic carbocycles. The summed E-state index contributed by atoms with van der Waals surface area (Å²) >= 11 is 5.68. The molecule has 0 bridgehead atoms. The predicted molar refractivity (Wildman–Crippen MR) is 125 cm³/mol. The molecule has 0 unspecified atom stereocenters. The van der Waals surface area contributed by atoms with Crippen LogP contribution in [0.5, 0.6) is 5.75 Å². The molecule has 0 aliphatic heterocycles. The second kappa shape index (κ2) is 10.2. The lowest BCUT2D eigenvalue weighted by Gasteiger charge is -2.26. The SMILES string of the molecule is COc1ccc2[nH]c(=O)c(CN(CC[NH+](C)C)C(=S)NCc3ccccc3)cc2c1. The van der Waals surface area contributed by atoms with Crippen LogP contribution in [-0.2, 0) is 13.1 Å². The fourth-order valence-electron chi connectivity index (χ4n) is 3.18. The number of likely N-dealkylation sites (N-methyl/N-ethyl adjacent to an activating group) is 1. The smallest absolute Gasteiger partial charge is 0.253 e. The van der Waals surface area contributed by atoms with Crippen LogP contribution in [0.3, 0.4) is 0 Å². The summed E-state index contributed by atoms with van der Waals surface area (Å²) in [5, 5.41) is 4.91. The van der Waals surface area contributed by atoms with E-state index in [-0.39, 0.29) is 5.56 Å². The van der Waals surface area contributed by atoms with Crippen molar-refractivity contribution in [2.45, 2.75) is 13.1 Å². The number of hydrogen-bond donors (Lipinski definition) is 3. The summed E-state index contributed by atoms with van der Waals surface area (Å²) in [7, 11) is 5.84. The molecule has 0 atom stereocenters. The Labute approximate surface area is 182 Å². The summed E-state index contributed by atoms with van der Waals surface area (Å²) in [6.07, 6.45) is 0. The van der Waals surface area contributed by atoms with Crippen LogP contribution in [0.2, 0.25) is 0 Å². The van der Waals surface area contributed by atoms with E-state index in [1.54, 1.807) is 7.11 Å². The Morgan fingerprint density at radius 2 is 1.93 bits per heavy atom. The lowest BCUT2D eigenvalue weighted by Crippen LogP contribution is -3.06. The zero-order valence-electron chi connectivity index (χ0n) is 17.7. The highest BCUT2D eigenvalue weighted by Gasteiger charge is 2.15. The van der Waals surface area contributed by atoms with Crippen molar-refractivity contribution in [2.24, 2.45) is 0 Å². The van der Waals surface area contributed by atoms with E-state index < -0.39 is 0 Å². The fraction of sp³-hybridized carbons (Fsp3) is 0.304. The van der Waals surface area contributed by atoms with Gasteiger partial charge in [0.25, 0.3) is 5.56 Å². The van der Waals surface area contributed by atoms with Gasteiger partial charge in [-0.15, -0.1) is 0 Å². The zero-order valence-corrected chi connectivity index (χ0v) is 18.5. The van der Waals surface area contributed by atoms with Crippen molar-refractivity contribution in [1.82, 2.24) is 15.2 Å². The van der Waals surface area contributed by atoms with Crippen LogP contribution in [0.1, 0.15) is 11.1 Å². The van der Waals surface area contributed by atoms with E-state index in [9.17, 15) is 4.79 Å². The summed E-state index contributed by atoms with van der Waals surface area (Å²) in [5.41, 5.74) is 2.53. The van der Waals surface area contributed by atoms with Gasteiger partial charge < -0.3 is 24.8 Å². The van der Waals surface area contributed by atoms with Crippen molar-refractivity contribution < 1.29 is 9.64 Å². The fourth-order valence-corrected chi connectivity index (χ4v) is 3.40. The molecule has 3 aromatic rings. The first kappa shape index (κ1) is 21.8. The average molecular weight is 426 g/mol. The van der Waals surface area contributed by atoms with Crippen LogP contribution in [0.15, 0.2) is 59.4 Å².